The second-order valence-electron chi connectivity index (χ2n) is 8.42. The first-order chi connectivity index (χ1) is 14.1. The second-order valence-corrected chi connectivity index (χ2v) is 8.42. The smallest absolute Gasteiger partial charge is 0.326 e. The fraction of sp³-hybridized carbons (Fsp3) is 0.417. The van der Waals surface area contributed by atoms with Crippen molar-refractivity contribution in [2.24, 2.45) is 0 Å². The lowest BCUT2D eigenvalue weighted by atomic mass is 10.2. The standard InChI is InChI=1S/C24H32N2O4/c1-24(2,3)30-22(27)17-26(16-15-25(4)5)23(28)20-11-13-21(14-12-20)29-18-19-9-7-6-8-10-19/h6-14H,15-18H2,1-5H3. The summed E-state index contributed by atoms with van der Waals surface area (Å²) in [6, 6.07) is 16.9. The van der Waals surface area contributed by atoms with Crippen LogP contribution in [0, 0.1) is 0 Å². The molecule has 1 amide bonds. The Morgan fingerprint density at radius 1 is 0.900 bits per heavy atom. The van der Waals surface area contributed by atoms with Gasteiger partial charge in [-0.2, -0.15) is 0 Å². The highest BCUT2D eigenvalue weighted by atomic mass is 16.6. The van der Waals surface area contributed by atoms with Crippen LogP contribution in [0.3, 0.4) is 0 Å². The molecule has 0 saturated carbocycles. The van der Waals surface area contributed by atoms with Gasteiger partial charge in [0.1, 0.15) is 24.5 Å². The molecule has 0 N–H and O–H groups in total. The van der Waals surface area contributed by atoms with Gasteiger partial charge in [-0.3, -0.25) is 9.59 Å². The predicted molar refractivity (Wildman–Crippen MR) is 118 cm³/mol. The van der Waals surface area contributed by atoms with E-state index in [2.05, 4.69) is 0 Å². The highest BCUT2D eigenvalue weighted by molar-refractivity contribution is 5.96. The van der Waals surface area contributed by atoms with Crippen LogP contribution in [-0.4, -0.2) is 61.0 Å². The Morgan fingerprint density at radius 2 is 1.53 bits per heavy atom. The number of hydrogen-bond donors (Lipinski definition) is 0. The van der Waals surface area contributed by atoms with Gasteiger partial charge in [0.25, 0.3) is 5.91 Å². The average molecular weight is 413 g/mol. The number of carbonyl (C=O) groups excluding carboxylic acids is 2. The number of hydrogen-bond acceptors (Lipinski definition) is 5. The number of nitrogens with zero attached hydrogens (tertiary/aromatic N) is 2. The van der Waals surface area contributed by atoms with Crippen molar-refractivity contribution in [2.75, 3.05) is 33.7 Å². The summed E-state index contributed by atoms with van der Waals surface area (Å²) in [6.45, 7) is 6.88. The van der Waals surface area contributed by atoms with Crippen molar-refractivity contribution in [2.45, 2.75) is 33.0 Å². The van der Waals surface area contributed by atoms with Crippen LogP contribution in [0.25, 0.3) is 0 Å². The number of likely N-dealkylation sites (N-methyl/N-ethyl adjacent to an activating group) is 1. The highest BCUT2D eigenvalue weighted by Gasteiger charge is 2.23. The van der Waals surface area contributed by atoms with Gasteiger partial charge in [-0.25, -0.2) is 0 Å². The molecule has 2 rings (SSSR count). The van der Waals surface area contributed by atoms with Crippen LogP contribution < -0.4 is 4.74 Å². The van der Waals surface area contributed by atoms with E-state index in [1.165, 1.54) is 4.90 Å². The lowest BCUT2D eigenvalue weighted by molar-refractivity contribution is -0.155. The normalized spacial score (nSPS) is 11.3. The first-order valence-corrected chi connectivity index (χ1v) is 10.1. The molecule has 0 aromatic heterocycles. The molecule has 0 spiro atoms. The van der Waals surface area contributed by atoms with Crippen LogP contribution in [0.2, 0.25) is 0 Å². The van der Waals surface area contributed by atoms with Gasteiger partial charge in [-0.05, 0) is 64.7 Å². The van der Waals surface area contributed by atoms with Crippen molar-refractivity contribution in [3.63, 3.8) is 0 Å². The van der Waals surface area contributed by atoms with Crippen molar-refractivity contribution in [1.82, 2.24) is 9.80 Å². The van der Waals surface area contributed by atoms with Crippen LogP contribution in [0.4, 0.5) is 0 Å². The van der Waals surface area contributed by atoms with E-state index in [0.717, 1.165) is 5.56 Å². The van der Waals surface area contributed by atoms with E-state index in [0.29, 0.717) is 31.0 Å². The Balaban J connectivity index is 2.03. The molecule has 0 aliphatic carbocycles. The average Bonchev–Trinajstić information content (AvgIpc) is 2.68. The van der Waals surface area contributed by atoms with E-state index >= 15 is 0 Å². The van der Waals surface area contributed by atoms with Crippen molar-refractivity contribution in [3.05, 3.63) is 65.7 Å². The molecule has 0 heterocycles. The number of rotatable bonds is 9. The quantitative estimate of drug-likeness (QED) is 0.589. The molecule has 6 nitrogen and oxygen atoms in total. The van der Waals surface area contributed by atoms with Crippen molar-refractivity contribution < 1.29 is 19.1 Å². The SMILES string of the molecule is CN(C)CCN(CC(=O)OC(C)(C)C)C(=O)c1ccc(OCc2ccccc2)cc1. The summed E-state index contributed by atoms with van der Waals surface area (Å²) in [4.78, 5) is 28.8. The lowest BCUT2D eigenvalue weighted by Crippen LogP contribution is -2.42. The van der Waals surface area contributed by atoms with Crippen molar-refractivity contribution >= 4 is 11.9 Å². The van der Waals surface area contributed by atoms with E-state index in [1.807, 2.05) is 70.1 Å². The molecule has 0 radical (unpaired) electrons. The number of esters is 1. The molecular weight excluding hydrogens is 380 g/mol. The molecular formula is C24H32N2O4. The molecule has 0 fully saturated rings. The van der Waals surface area contributed by atoms with Gasteiger partial charge in [0.05, 0.1) is 0 Å². The monoisotopic (exact) mass is 412 g/mol. The number of carbonyl (C=O) groups is 2. The van der Waals surface area contributed by atoms with Crippen LogP contribution >= 0.6 is 0 Å². The van der Waals surface area contributed by atoms with E-state index in [9.17, 15) is 9.59 Å². The summed E-state index contributed by atoms with van der Waals surface area (Å²) < 4.78 is 11.2. The molecule has 162 valence electrons. The Bertz CT molecular complexity index is 811. The van der Waals surface area contributed by atoms with Crippen LogP contribution in [-0.2, 0) is 16.1 Å². The number of ether oxygens (including phenoxy) is 2. The third kappa shape index (κ3) is 8.25. The fourth-order valence-electron chi connectivity index (χ4n) is 2.72. The Hall–Kier alpha value is -2.86. The maximum absolute atomic E-state index is 13.0. The topological polar surface area (TPSA) is 59.1 Å². The largest absolute Gasteiger partial charge is 0.489 e. The number of benzene rings is 2. The van der Waals surface area contributed by atoms with Gasteiger partial charge < -0.3 is 19.3 Å². The lowest BCUT2D eigenvalue weighted by Gasteiger charge is -2.26. The zero-order chi connectivity index (χ0) is 22.1. The summed E-state index contributed by atoms with van der Waals surface area (Å²) in [5.41, 5.74) is 0.986. The number of amides is 1. The second kappa shape index (κ2) is 10.8. The summed E-state index contributed by atoms with van der Waals surface area (Å²) in [5.74, 6) is 0.0529. The molecule has 2 aromatic carbocycles. The molecule has 0 aliphatic heterocycles. The van der Waals surface area contributed by atoms with Crippen LogP contribution in [0.1, 0.15) is 36.7 Å². The summed E-state index contributed by atoms with van der Waals surface area (Å²) in [5, 5.41) is 0. The third-order valence-electron chi connectivity index (χ3n) is 4.19. The van der Waals surface area contributed by atoms with Gasteiger partial charge in [-0.15, -0.1) is 0 Å². The Morgan fingerprint density at radius 3 is 2.10 bits per heavy atom. The summed E-state index contributed by atoms with van der Waals surface area (Å²) in [7, 11) is 3.85. The maximum atomic E-state index is 13.0. The van der Waals surface area contributed by atoms with Crippen LogP contribution in [0.15, 0.2) is 54.6 Å². The molecule has 2 aromatic rings. The molecule has 30 heavy (non-hydrogen) atoms. The molecule has 0 unspecified atom stereocenters. The minimum atomic E-state index is -0.592. The van der Waals surface area contributed by atoms with Gasteiger partial charge in [0.2, 0.25) is 0 Å². The Labute approximate surface area is 179 Å². The van der Waals surface area contributed by atoms with E-state index in [4.69, 9.17) is 9.47 Å². The predicted octanol–water partition coefficient (Wildman–Crippen LogP) is 3.61. The maximum Gasteiger partial charge on any atom is 0.326 e. The summed E-state index contributed by atoms with van der Waals surface area (Å²) >= 11 is 0. The summed E-state index contributed by atoms with van der Waals surface area (Å²) in [6.07, 6.45) is 0. The molecule has 0 bridgehead atoms. The first-order valence-electron chi connectivity index (χ1n) is 10.1. The molecule has 0 atom stereocenters. The van der Waals surface area contributed by atoms with Crippen molar-refractivity contribution in [1.29, 1.82) is 0 Å². The molecule has 6 heteroatoms. The molecule has 0 aliphatic rings. The van der Waals surface area contributed by atoms with Gasteiger partial charge in [0.15, 0.2) is 0 Å². The minimum absolute atomic E-state index is 0.0871. The third-order valence-corrected chi connectivity index (χ3v) is 4.19. The Kier molecular flexibility index (Phi) is 8.42. The van der Waals surface area contributed by atoms with Gasteiger partial charge in [0, 0.05) is 18.7 Å². The zero-order valence-corrected chi connectivity index (χ0v) is 18.6. The fourth-order valence-corrected chi connectivity index (χ4v) is 2.72. The minimum Gasteiger partial charge on any atom is -0.489 e. The first kappa shape index (κ1) is 23.4. The van der Waals surface area contributed by atoms with Gasteiger partial charge in [-0.1, -0.05) is 30.3 Å². The molecule has 0 saturated heterocycles. The van der Waals surface area contributed by atoms with Crippen LogP contribution in [0.5, 0.6) is 5.75 Å². The zero-order valence-electron chi connectivity index (χ0n) is 18.6. The van der Waals surface area contributed by atoms with E-state index in [1.54, 1.807) is 24.3 Å². The van der Waals surface area contributed by atoms with Crippen molar-refractivity contribution in [3.8, 4) is 5.75 Å². The van der Waals surface area contributed by atoms with Gasteiger partial charge >= 0.3 is 5.97 Å². The van der Waals surface area contributed by atoms with E-state index < -0.39 is 11.6 Å². The van der Waals surface area contributed by atoms with E-state index in [-0.39, 0.29) is 12.5 Å². The highest BCUT2D eigenvalue weighted by Crippen LogP contribution is 2.16.